The third-order valence-electron chi connectivity index (χ3n) is 5.06. The fourth-order valence-electron chi connectivity index (χ4n) is 3.42. The second kappa shape index (κ2) is 7.00. The molecule has 1 saturated heterocycles. The van der Waals surface area contributed by atoms with Crippen LogP contribution in [0, 0.1) is 0 Å². The quantitative estimate of drug-likeness (QED) is 0.771. The summed E-state index contributed by atoms with van der Waals surface area (Å²) >= 11 is 0. The van der Waals surface area contributed by atoms with E-state index in [9.17, 15) is 4.79 Å². The van der Waals surface area contributed by atoms with E-state index in [1.165, 1.54) is 0 Å². The van der Waals surface area contributed by atoms with E-state index in [2.05, 4.69) is 33.0 Å². The van der Waals surface area contributed by atoms with Crippen LogP contribution in [0.1, 0.15) is 10.4 Å². The number of H-pyrrole nitrogens is 1. The van der Waals surface area contributed by atoms with Crippen molar-refractivity contribution in [1.82, 2.24) is 24.8 Å². The van der Waals surface area contributed by atoms with E-state index in [0.717, 1.165) is 59.9 Å². The number of hydrogen-bond acceptors (Lipinski definition) is 5. The first kappa shape index (κ1) is 17.5. The third-order valence-corrected chi connectivity index (χ3v) is 5.06. The highest BCUT2D eigenvalue weighted by Crippen LogP contribution is 2.28. The van der Waals surface area contributed by atoms with Crippen molar-refractivity contribution in [3.05, 3.63) is 42.2 Å². The number of anilines is 1. The maximum atomic E-state index is 12.7. The van der Waals surface area contributed by atoms with Gasteiger partial charge in [0.15, 0.2) is 0 Å². The Kier molecular flexibility index (Phi) is 4.53. The van der Waals surface area contributed by atoms with Gasteiger partial charge in [0.2, 0.25) is 0 Å². The van der Waals surface area contributed by atoms with Crippen LogP contribution in [0.25, 0.3) is 22.3 Å². The van der Waals surface area contributed by atoms with Crippen LogP contribution in [0.4, 0.5) is 5.82 Å². The van der Waals surface area contributed by atoms with Crippen LogP contribution in [0.15, 0.2) is 36.7 Å². The van der Waals surface area contributed by atoms with Gasteiger partial charge in [0.1, 0.15) is 17.8 Å². The molecule has 1 aromatic carbocycles. The number of amides is 1. The molecule has 27 heavy (non-hydrogen) atoms. The van der Waals surface area contributed by atoms with Crippen LogP contribution < -0.4 is 4.90 Å². The molecule has 0 saturated carbocycles. The summed E-state index contributed by atoms with van der Waals surface area (Å²) in [6.07, 6.45) is 1.57. The van der Waals surface area contributed by atoms with E-state index in [0.29, 0.717) is 0 Å². The minimum atomic E-state index is 0.104. The van der Waals surface area contributed by atoms with Gasteiger partial charge >= 0.3 is 0 Å². The van der Waals surface area contributed by atoms with E-state index >= 15 is 0 Å². The molecule has 3 heterocycles. The molecule has 0 spiro atoms. The lowest BCUT2D eigenvalue weighted by molar-refractivity contribution is 0.0664. The summed E-state index contributed by atoms with van der Waals surface area (Å²) in [4.78, 5) is 30.9. The van der Waals surface area contributed by atoms with Crippen LogP contribution in [0.5, 0.6) is 0 Å². The molecule has 140 valence electrons. The van der Waals surface area contributed by atoms with E-state index in [1.54, 1.807) is 6.33 Å². The van der Waals surface area contributed by atoms with Crippen molar-refractivity contribution in [3.8, 4) is 11.3 Å². The Bertz CT molecular complexity index is 954. The Morgan fingerprint density at radius 3 is 2.44 bits per heavy atom. The van der Waals surface area contributed by atoms with Crippen LogP contribution in [-0.4, -0.2) is 78.0 Å². The summed E-state index contributed by atoms with van der Waals surface area (Å²) in [5.41, 5.74) is 3.52. The molecule has 0 radical (unpaired) electrons. The fraction of sp³-hybridized carbons (Fsp3) is 0.350. The number of nitrogens with one attached hydrogen (secondary N) is 1. The summed E-state index contributed by atoms with van der Waals surface area (Å²) in [7, 11) is 6.02. The summed E-state index contributed by atoms with van der Waals surface area (Å²) in [6, 6.07) is 9.83. The number of benzene rings is 1. The summed E-state index contributed by atoms with van der Waals surface area (Å²) in [6.45, 7) is 3.42. The zero-order valence-corrected chi connectivity index (χ0v) is 15.9. The lowest BCUT2D eigenvalue weighted by atomic mass is 10.1. The highest BCUT2D eigenvalue weighted by Gasteiger charge is 2.20. The van der Waals surface area contributed by atoms with Crippen molar-refractivity contribution in [2.75, 3.05) is 52.2 Å². The van der Waals surface area contributed by atoms with Gasteiger partial charge in [-0.05, 0) is 30.8 Å². The van der Waals surface area contributed by atoms with Crippen LogP contribution in [0.3, 0.4) is 0 Å². The van der Waals surface area contributed by atoms with Crippen molar-refractivity contribution in [2.45, 2.75) is 0 Å². The first-order valence-corrected chi connectivity index (χ1v) is 9.12. The minimum Gasteiger partial charge on any atom is -0.362 e. The Morgan fingerprint density at radius 1 is 1.07 bits per heavy atom. The standard InChI is InChI=1S/C20H24N6O/c1-24(2)19-16-12-17(23-18(16)21-13-22-19)14-4-6-15(7-5-14)20(27)26-10-8-25(3)9-11-26/h4-7,12-13H,8-11H2,1-3H3,(H,21,22,23). The first-order chi connectivity index (χ1) is 13.0. The monoisotopic (exact) mass is 364 g/mol. The van der Waals surface area contributed by atoms with Gasteiger partial charge in [-0.25, -0.2) is 9.97 Å². The van der Waals surface area contributed by atoms with Gasteiger partial charge in [-0.2, -0.15) is 0 Å². The molecule has 1 aliphatic rings. The van der Waals surface area contributed by atoms with Crippen molar-refractivity contribution in [2.24, 2.45) is 0 Å². The lowest BCUT2D eigenvalue weighted by Crippen LogP contribution is -2.47. The molecular weight excluding hydrogens is 340 g/mol. The second-order valence-electron chi connectivity index (χ2n) is 7.21. The Balaban J connectivity index is 1.58. The maximum Gasteiger partial charge on any atom is 0.253 e. The molecule has 0 bridgehead atoms. The number of fused-ring (bicyclic) bond motifs is 1. The number of hydrogen-bond donors (Lipinski definition) is 1. The zero-order valence-electron chi connectivity index (χ0n) is 15.9. The molecule has 0 aliphatic carbocycles. The first-order valence-electron chi connectivity index (χ1n) is 9.12. The minimum absolute atomic E-state index is 0.104. The topological polar surface area (TPSA) is 68.4 Å². The third kappa shape index (κ3) is 3.38. The molecule has 1 N–H and O–H groups in total. The summed E-state index contributed by atoms with van der Waals surface area (Å²) in [5, 5.41) is 0.982. The maximum absolute atomic E-state index is 12.7. The van der Waals surface area contributed by atoms with E-state index < -0.39 is 0 Å². The lowest BCUT2D eigenvalue weighted by Gasteiger charge is -2.32. The molecule has 1 aliphatic heterocycles. The van der Waals surface area contributed by atoms with Gasteiger partial charge in [0.25, 0.3) is 5.91 Å². The van der Waals surface area contributed by atoms with Crippen molar-refractivity contribution >= 4 is 22.8 Å². The summed E-state index contributed by atoms with van der Waals surface area (Å²) in [5.74, 6) is 0.983. The van der Waals surface area contributed by atoms with Crippen molar-refractivity contribution < 1.29 is 4.79 Å². The number of aromatic nitrogens is 3. The number of carbonyl (C=O) groups excluding carboxylic acids is 1. The SMILES string of the molecule is CN1CCN(C(=O)c2ccc(-c3cc4c(N(C)C)ncnc4[nH]3)cc2)CC1. The average Bonchev–Trinajstić information content (AvgIpc) is 3.12. The number of likely N-dealkylation sites (N-methyl/N-ethyl adjacent to an activating group) is 1. The smallest absolute Gasteiger partial charge is 0.253 e. The van der Waals surface area contributed by atoms with Gasteiger partial charge in [0.05, 0.1) is 5.39 Å². The Labute approximate surface area is 158 Å². The number of aromatic amines is 1. The predicted octanol–water partition coefficient (Wildman–Crippen LogP) is 2.08. The van der Waals surface area contributed by atoms with Gasteiger partial charge in [-0.3, -0.25) is 4.79 Å². The zero-order chi connectivity index (χ0) is 19.0. The van der Waals surface area contributed by atoms with E-state index in [1.807, 2.05) is 48.2 Å². The number of carbonyl (C=O) groups is 1. The molecule has 1 fully saturated rings. The number of nitrogens with zero attached hydrogens (tertiary/aromatic N) is 5. The highest BCUT2D eigenvalue weighted by molar-refractivity contribution is 5.95. The molecule has 1 amide bonds. The molecular formula is C20H24N6O. The number of piperazine rings is 1. The summed E-state index contributed by atoms with van der Waals surface area (Å²) < 4.78 is 0. The van der Waals surface area contributed by atoms with Gasteiger partial charge < -0.3 is 19.7 Å². The van der Waals surface area contributed by atoms with E-state index in [-0.39, 0.29) is 5.91 Å². The highest BCUT2D eigenvalue weighted by atomic mass is 16.2. The van der Waals surface area contributed by atoms with Crippen molar-refractivity contribution in [1.29, 1.82) is 0 Å². The predicted molar refractivity (Wildman–Crippen MR) is 107 cm³/mol. The van der Waals surface area contributed by atoms with Gasteiger partial charge in [-0.15, -0.1) is 0 Å². The molecule has 0 unspecified atom stereocenters. The van der Waals surface area contributed by atoms with Crippen molar-refractivity contribution in [3.63, 3.8) is 0 Å². The van der Waals surface area contributed by atoms with Crippen LogP contribution in [-0.2, 0) is 0 Å². The Morgan fingerprint density at radius 2 is 1.78 bits per heavy atom. The van der Waals surface area contributed by atoms with E-state index in [4.69, 9.17) is 0 Å². The van der Waals surface area contributed by atoms with Crippen LogP contribution >= 0.6 is 0 Å². The largest absolute Gasteiger partial charge is 0.362 e. The fourth-order valence-corrected chi connectivity index (χ4v) is 3.42. The number of rotatable bonds is 3. The molecule has 2 aromatic heterocycles. The second-order valence-corrected chi connectivity index (χ2v) is 7.21. The molecule has 0 atom stereocenters. The molecule has 4 rings (SSSR count). The Hall–Kier alpha value is -2.93. The van der Waals surface area contributed by atoms with Gasteiger partial charge in [0, 0.05) is 51.5 Å². The average molecular weight is 364 g/mol. The molecule has 3 aromatic rings. The van der Waals surface area contributed by atoms with Gasteiger partial charge in [-0.1, -0.05) is 12.1 Å². The molecule has 7 heteroatoms. The molecule has 7 nitrogen and oxygen atoms in total. The van der Waals surface area contributed by atoms with Crippen LogP contribution in [0.2, 0.25) is 0 Å². The normalized spacial score (nSPS) is 15.3.